The van der Waals surface area contributed by atoms with Gasteiger partial charge in [-0.25, -0.2) is 4.98 Å². The predicted molar refractivity (Wildman–Crippen MR) is 46.7 cm³/mol. The number of hydrogen-bond acceptors (Lipinski definition) is 3. The lowest BCUT2D eigenvalue weighted by atomic mass is 10.1. The summed E-state index contributed by atoms with van der Waals surface area (Å²) in [5, 5.41) is 8.57. The van der Waals surface area contributed by atoms with Crippen LogP contribution in [-0.4, -0.2) is 4.98 Å². The summed E-state index contributed by atoms with van der Waals surface area (Å²) in [7, 11) is 0. The SMILES string of the molecule is N#Cc1ccc(-c2cnco2)cc1. The lowest BCUT2D eigenvalue weighted by Crippen LogP contribution is -1.75. The van der Waals surface area contributed by atoms with Crippen molar-refractivity contribution in [1.29, 1.82) is 5.26 Å². The van der Waals surface area contributed by atoms with E-state index in [-0.39, 0.29) is 0 Å². The topological polar surface area (TPSA) is 49.8 Å². The molecule has 0 saturated heterocycles. The van der Waals surface area contributed by atoms with E-state index in [1.54, 1.807) is 18.3 Å². The van der Waals surface area contributed by atoms with Crippen molar-refractivity contribution in [2.75, 3.05) is 0 Å². The standard InChI is InChI=1S/C10H6N2O/c11-5-8-1-3-9(4-2-8)10-6-12-7-13-10/h1-4,6-7H. The second kappa shape index (κ2) is 3.11. The summed E-state index contributed by atoms with van der Waals surface area (Å²) < 4.78 is 5.10. The molecule has 0 fully saturated rings. The van der Waals surface area contributed by atoms with Crippen molar-refractivity contribution in [1.82, 2.24) is 4.98 Å². The van der Waals surface area contributed by atoms with Gasteiger partial charge in [0, 0.05) is 5.56 Å². The minimum absolute atomic E-state index is 0.642. The average Bonchev–Trinajstić information content (AvgIpc) is 2.71. The molecule has 1 aromatic carbocycles. The molecule has 3 heteroatoms. The largest absolute Gasteiger partial charge is 0.444 e. The molecule has 0 aliphatic heterocycles. The summed E-state index contributed by atoms with van der Waals surface area (Å²) in [6.45, 7) is 0. The highest BCUT2D eigenvalue weighted by molar-refractivity contribution is 5.57. The Morgan fingerprint density at radius 3 is 2.54 bits per heavy atom. The molecule has 0 aliphatic rings. The van der Waals surface area contributed by atoms with Crippen LogP contribution in [0.15, 0.2) is 41.3 Å². The van der Waals surface area contributed by atoms with Gasteiger partial charge in [0.05, 0.1) is 17.8 Å². The van der Waals surface area contributed by atoms with E-state index in [1.807, 2.05) is 12.1 Å². The first kappa shape index (κ1) is 7.56. The Morgan fingerprint density at radius 2 is 2.00 bits per heavy atom. The van der Waals surface area contributed by atoms with E-state index in [2.05, 4.69) is 11.1 Å². The van der Waals surface area contributed by atoms with Gasteiger partial charge in [0.1, 0.15) is 0 Å². The Labute approximate surface area is 75.3 Å². The summed E-state index contributed by atoms with van der Waals surface area (Å²) in [6, 6.07) is 9.21. The van der Waals surface area contributed by atoms with Gasteiger partial charge in [-0.2, -0.15) is 5.26 Å². The number of nitrogens with zero attached hydrogens (tertiary/aromatic N) is 2. The maximum absolute atomic E-state index is 8.57. The van der Waals surface area contributed by atoms with Crippen LogP contribution in [0.1, 0.15) is 5.56 Å². The van der Waals surface area contributed by atoms with Crippen LogP contribution in [0.3, 0.4) is 0 Å². The van der Waals surface area contributed by atoms with Gasteiger partial charge in [0.25, 0.3) is 0 Å². The highest BCUT2D eigenvalue weighted by Crippen LogP contribution is 2.18. The molecule has 1 aromatic heterocycles. The fourth-order valence-corrected chi connectivity index (χ4v) is 1.07. The fraction of sp³-hybridized carbons (Fsp3) is 0. The normalized spacial score (nSPS) is 9.46. The minimum atomic E-state index is 0.642. The highest BCUT2D eigenvalue weighted by atomic mass is 16.3. The molecule has 2 rings (SSSR count). The first-order chi connectivity index (χ1) is 6.40. The first-order valence-electron chi connectivity index (χ1n) is 3.79. The zero-order valence-electron chi connectivity index (χ0n) is 6.77. The van der Waals surface area contributed by atoms with Crippen molar-refractivity contribution in [2.24, 2.45) is 0 Å². The summed E-state index contributed by atoms with van der Waals surface area (Å²) >= 11 is 0. The molecular weight excluding hydrogens is 164 g/mol. The third-order valence-electron chi connectivity index (χ3n) is 1.73. The van der Waals surface area contributed by atoms with Gasteiger partial charge in [-0.05, 0) is 24.3 Å². The molecule has 13 heavy (non-hydrogen) atoms. The second-order valence-corrected chi connectivity index (χ2v) is 2.55. The molecule has 0 amide bonds. The first-order valence-corrected chi connectivity index (χ1v) is 3.79. The fourth-order valence-electron chi connectivity index (χ4n) is 1.07. The predicted octanol–water partition coefficient (Wildman–Crippen LogP) is 2.21. The van der Waals surface area contributed by atoms with Crippen LogP contribution in [-0.2, 0) is 0 Å². The molecular formula is C10H6N2O. The summed E-state index contributed by atoms with van der Waals surface area (Å²) in [4.78, 5) is 3.81. The van der Waals surface area contributed by atoms with E-state index in [9.17, 15) is 0 Å². The van der Waals surface area contributed by atoms with Crippen LogP contribution in [0.4, 0.5) is 0 Å². The Bertz CT molecular complexity index is 423. The van der Waals surface area contributed by atoms with Crippen molar-refractivity contribution in [3.05, 3.63) is 42.4 Å². The van der Waals surface area contributed by atoms with Gasteiger partial charge in [-0.1, -0.05) is 0 Å². The molecule has 0 unspecified atom stereocenters. The average molecular weight is 170 g/mol. The maximum Gasteiger partial charge on any atom is 0.181 e. The molecule has 0 radical (unpaired) electrons. The molecule has 0 bridgehead atoms. The molecule has 0 aliphatic carbocycles. The number of oxazole rings is 1. The van der Waals surface area contributed by atoms with Crippen molar-refractivity contribution in [2.45, 2.75) is 0 Å². The number of aromatic nitrogens is 1. The number of hydrogen-bond donors (Lipinski definition) is 0. The molecule has 0 atom stereocenters. The van der Waals surface area contributed by atoms with E-state index in [1.165, 1.54) is 6.39 Å². The summed E-state index contributed by atoms with van der Waals surface area (Å²) in [6.07, 6.45) is 3.02. The van der Waals surface area contributed by atoms with E-state index in [0.29, 0.717) is 11.3 Å². The van der Waals surface area contributed by atoms with Gasteiger partial charge >= 0.3 is 0 Å². The van der Waals surface area contributed by atoms with Gasteiger partial charge in [-0.15, -0.1) is 0 Å². The van der Waals surface area contributed by atoms with Crippen LogP contribution < -0.4 is 0 Å². The molecule has 0 N–H and O–H groups in total. The van der Waals surface area contributed by atoms with Crippen LogP contribution in [0.5, 0.6) is 0 Å². The van der Waals surface area contributed by atoms with E-state index < -0.39 is 0 Å². The number of benzene rings is 1. The molecule has 3 nitrogen and oxygen atoms in total. The Morgan fingerprint density at radius 1 is 1.23 bits per heavy atom. The Balaban J connectivity index is 2.40. The van der Waals surface area contributed by atoms with Crippen molar-refractivity contribution in [3.63, 3.8) is 0 Å². The smallest absolute Gasteiger partial charge is 0.181 e. The number of nitriles is 1. The zero-order valence-corrected chi connectivity index (χ0v) is 6.77. The van der Waals surface area contributed by atoms with Crippen molar-refractivity contribution in [3.8, 4) is 17.4 Å². The second-order valence-electron chi connectivity index (χ2n) is 2.55. The summed E-state index contributed by atoms with van der Waals surface area (Å²) in [5.74, 6) is 0.712. The van der Waals surface area contributed by atoms with Crippen LogP contribution in [0.2, 0.25) is 0 Å². The van der Waals surface area contributed by atoms with Crippen molar-refractivity contribution >= 4 is 0 Å². The molecule has 1 heterocycles. The van der Waals surface area contributed by atoms with Crippen molar-refractivity contribution < 1.29 is 4.42 Å². The van der Waals surface area contributed by atoms with Crippen LogP contribution in [0, 0.1) is 11.3 Å². The Kier molecular flexibility index (Phi) is 1.81. The van der Waals surface area contributed by atoms with E-state index >= 15 is 0 Å². The van der Waals surface area contributed by atoms with E-state index in [4.69, 9.17) is 9.68 Å². The Hall–Kier alpha value is -2.08. The monoisotopic (exact) mass is 170 g/mol. The molecule has 2 aromatic rings. The zero-order chi connectivity index (χ0) is 9.10. The van der Waals surface area contributed by atoms with Crippen LogP contribution >= 0.6 is 0 Å². The van der Waals surface area contributed by atoms with Gasteiger partial charge in [0.15, 0.2) is 12.2 Å². The van der Waals surface area contributed by atoms with Gasteiger partial charge < -0.3 is 4.42 Å². The highest BCUT2D eigenvalue weighted by Gasteiger charge is 1.99. The van der Waals surface area contributed by atoms with Gasteiger partial charge in [0.2, 0.25) is 0 Å². The van der Waals surface area contributed by atoms with E-state index in [0.717, 1.165) is 5.56 Å². The molecule has 0 saturated carbocycles. The molecule has 62 valence electrons. The quantitative estimate of drug-likeness (QED) is 0.659. The minimum Gasteiger partial charge on any atom is -0.444 e. The van der Waals surface area contributed by atoms with Gasteiger partial charge in [-0.3, -0.25) is 0 Å². The third kappa shape index (κ3) is 1.42. The van der Waals surface area contributed by atoms with Crippen LogP contribution in [0.25, 0.3) is 11.3 Å². The maximum atomic E-state index is 8.57. The third-order valence-corrected chi connectivity index (χ3v) is 1.73. The summed E-state index contributed by atoms with van der Waals surface area (Å²) in [5.41, 5.74) is 1.57. The lowest BCUT2D eigenvalue weighted by molar-refractivity contribution is 0.572. The molecule has 0 spiro atoms. The number of rotatable bonds is 1. The lowest BCUT2D eigenvalue weighted by Gasteiger charge is -1.94.